The van der Waals surface area contributed by atoms with Gasteiger partial charge in [-0.3, -0.25) is 9.78 Å². The number of rotatable bonds is 5. The van der Waals surface area contributed by atoms with E-state index in [1.165, 1.54) is 0 Å². The van der Waals surface area contributed by atoms with Crippen molar-refractivity contribution in [2.45, 2.75) is 19.4 Å². The van der Waals surface area contributed by atoms with Gasteiger partial charge >= 0.3 is 12.1 Å². The van der Waals surface area contributed by atoms with Crippen LogP contribution in [0, 0.1) is 5.92 Å². The molecule has 0 spiro atoms. The van der Waals surface area contributed by atoms with Crippen LogP contribution >= 0.6 is 0 Å². The van der Waals surface area contributed by atoms with Crippen molar-refractivity contribution in [3.8, 4) is 0 Å². The minimum Gasteiger partial charge on any atom is -0.481 e. The van der Waals surface area contributed by atoms with Gasteiger partial charge in [0.05, 0.1) is 18.8 Å². The highest BCUT2D eigenvalue weighted by atomic mass is 16.6. The summed E-state index contributed by atoms with van der Waals surface area (Å²) in [5.41, 5.74) is 0.790. The molecule has 2 heterocycles. The van der Waals surface area contributed by atoms with E-state index in [2.05, 4.69) is 4.98 Å². The Morgan fingerprint density at radius 3 is 3.05 bits per heavy atom. The number of amides is 1. The fourth-order valence-electron chi connectivity index (χ4n) is 2.04. The summed E-state index contributed by atoms with van der Waals surface area (Å²) in [7, 11) is 0. The Kier molecular flexibility index (Phi) is 4.33. The normalized spacial score (nSPS) is 19.1. The number of aromatic nitrogens is 1. The SMILES string of the molecule is O=C(O)CCC1COC(=O)N(Cc2ccccn2)C1. The number of nitrogens with zero attached hydrogens (tertiary/aromatic N) is 2. The van der Waals surface area contributed by atoms with Gasteiger partial charge in [0.15, 0.2) is 0 Å². The maximum atomic E-state index is 11.6. The number of carboxylic acid groups (broad SMARTS) is 1. The number of carbonyl (C=O) groups is 2. The Balaban J connectivity index is 1.91. The standard InChI is InChI=1S/C13H16N2O4/c16-12(17)5-4-10-7-15(13(18)19-9-10)8-11-3-1-2-6-14-11/h1-3,6,10H,4-5,7-9H2,(H,16,17). The van der Waals surface area contributed by atoms with Crippen LogP contribution in [0.2, 0.25) is 0 Å². The molecule has 1 fully saturated rings. The first-order valence-electron chi connectivity index (χ1n) is 6.18. The summed E-state index contributed by atoms with van der Waals surface area (Å²) in [5.74, 6) is -0.759. The number of pyridine rings is 1. The Labute approximate surface area is 111 Å². The topological polar surface area (TPSA) is 79.7 Å². The third-order valence-corrected chi connectivity index (χ3v) is 3.02. The molecule has 1 aliphatic heterocycles. The molecule has 1 aromatic rings. The highest BCUT2D eigenvalue weighted by Gasteiger charge is 2.27. The van der Waals surface area contributed by atoms with Gasteiger partial charge in [-0.05, 0) is 18.6 Å². The van der Waals surface area contributed by atoms with Gasteiger partial charge in [-0.2, -0.15) is 0 Å². The summed E-state index contributed by atoms with van der Waals surface area (Å²) in [6, 6.07) is 5.52. The third kappa shape index (κ3) is 3.94. The smallest absolute Gasteiger partial charge is 0.410 e. The van der Waals surface area contributed by atoms with Crippen molar-refractivity contribution in [1.29, 1.82) is 0 Å². The van der Waals surface area contributed by atoms with Gasteiger partial charge in [0.2, 0.25) is 0 Å². The quantitative estimate of drug-likeness (QED) is 0.872. The second-order valence-electron chi connectivity index (χ2n) is 4.58. The van der Waals surface area contributed by atoms with E-state index in [1.807, 2.05) is 18.2 Å². The first-order valence-corrected chi connectivity index (χ1v) is 6.18. The van der Waals surface area contributed by atoms with Crippen LogP contribution in [0.3, 0.4) is 0 Å². The Morgan fingerprint density at radius 2 is 2.37 bits per heavy atom. The molecule has 19 heavy (non-hydrogen) atoms. The first-order chi connectivity index (χ1) is 9.15. The molecule has 0 aromatic carbocycles. The number of carboxylic acids is 1. The lowest BCUT2D eigenvalue weighted by Gasteiger charge is -2.31. The summed E-state index contributed by atoms with van der Waals surface area (Å²) in [6.45, 7) is 1.21. The predicted molar refractivity (Wildman–Crippen MR) is 66.4 cm³/mol. The summed E-state index contributed by atoms with van der Waals surface area (Å²) < 4.78 is 5.07. The van der Waals surface area contributed by atoms with Crippen molar-refractivity contribution in [2.24, 2.45) is 5.92 Å². The van der Waals surface area contributed by atoms with Crippen molar-refractivity contribution in [3.63, 3.8) is 0 Å². The zero-order chi connectivity index (χ0) is 13.7. The van der Waals surface area contributed by atoms with E-state index >= 15 is 0 Å². The van der Waals surface area contributed by atoms with E-state index in [0.29, 0.717) is 26.1 Å². The molecular weight excluding hydrogens is 248 g/mol. The molecule has 102 valence electrons. The average molecular weight is 264 g/mol. The first kappa shape index (κ1) is 13.3. The highest BCUT2D eigenvalue weighted by Crippen LogP contribution is 2.18. The molecule has 1 unspecified atom stereocenters. The fraction of sp³-hybridized carbons (Fsp3) is 0.462. The van der Waals surface area contributed by atoms with Gasteiger partial charge in [-0.15, -0.1) is 0 Å². The van der Waals surface area contributed by atoms with Crippen molar-refractivity contribution in [1.82, 2.24) is 9.88 Å². The molecular formula is C13H16N2O4. The molecule has 1 saturated heterocycles. The van der Waals surface area contributed by atoms with Crippen molar-refractivity contribution in [2.75, 3.05) is 13.2 Å². The van der Waals surface area contributed by atoms with Gasteiger partial charge in [-0.25, -0.2) is 4.79 Å². The van der Waals surface area contributed by atoms with Crippen LogP contribution < -0.4 is 0 Å². The molecule has 0 bridgehead atoms. The lowest BCUT2D eigenvalue weighted by atomic mass is 10.0. The van der Waals surface area contributed by atoms with E-state index in [-0.39, 0.29) is 18.4 Å². The number of cyclic esters (lactones) is 1. The van der Waals surface area contributed by atoms with Crippen LogP contribution in [-0.4, -0.2) is 40.2 Å². The second kappa shape index (κ2) is 6.17. The molecule has 1 amide bonds. The van der Waals surface area contributed by atoms with Gasteiger partial charge in [0.1, 0.15) is 0 Å². The number of aliphatic carboxylic acids is 1. The molecule has 1 N–H and O–H groups in total. The van der Waals surface area contributed by atoms with Crippen molar-refractivity contribution < 1.29 is 19.4 Å². The van der Waals surface area contributed by atoms with E-state index in [1.54, 1.807) is 11.1 Å². The maximum Gasteiger partial charge on any atom is 0.410 e. The van der Waals surface area contributed by atoms with Crippen molar-refractivity contribution in [3.05, 3.63) is 30.1 Å². The lowest BCUT2D eigenvalue weighted by Crippen LogP contribution is -2.42. The molecule has 6 nitrogen and oxygen atoms in total. The number of ether oxygens (including phenoxy) is 1. The van der Waals surface area contributed by atoms with Crippen LogP contribution in [-0.2, 0) is 16.1 Å². The number of hydrogen-bond acceptors (Lipinski definition) is 4. The van der Waals surface area contributed by atoms with E-state index in [4.69, 9.17) is 9.84 Å². The van der Waals surface area contributed by atoms with E-state index in [9.17, 15) is 9.59 Å². The van der Waals surface area contributed by atoms with Gasteiger partial charge in [0.25, 0.3) is 0 Å². The Morgan fingerprint density at radius 1 is 1.53 bits per heavy atom. The van der Waals surface area contributed by atoms with E-state index < -0.39 is 5.97 Å². The average Bonchev–Trinajstić information content (AvgIpc) is 2.41. The molecule has 6 heteroatoms. The molecule has 1 aromatic heterocycles. The van der Waals surface area contributed by atoms with Crippen LogP contribution in [0.4, 0.5) is 4.79 Å². The Bertz CT molecular complexity index is 449. The minimum atomic E-state index is -0.826. The van der Waals surface area contributed by atoms with Gasteiger partial charge < -0.3 is 14.7 Å². The van der Waals surface area contributed by atoms with Crippen LogP contribution in [0.25, 0.3) is 0 Å². The van der Waals surface area contributed by atoms with Gasteiger partial charge in [-0.1, -0.05) is 6.07 Å². The molecule has 1 aliphatic rings. The predicted octanol–water partition coefficient (Wildman–Crippen LogP) is 1.51. The zero-order valence-corrected chi connectivity index (χ0v) is 10.5. The molecule has 1 atom stereocenters. The van der Waals surface area contributed by atoms with Crippen LogP contribution in [0.5, 0.6) is 0 Å². The largest absolute Gasteiger partial charge is 0.481 e. The van der Waals surface area contributed by atoms with Crippen LogP contribution in [0.15, 0.2) is 24.4 Å². The highest BCUT2D eigenvalue weighted by molar-refractivity contribution is 5.68. The maximum absolute atomic E-state index is 11.6. The summed E-state index contributed by atoms with van der Waals surface area (Å²) in [4.78, 5) is 27.9. The van der Waals surface area contributed by atoms with Crippen LogP contribution in [0.1, 0.15) is 18.5 Å². The molecule has 0 saturated carbocycles. The zero-order valence-electron chi connectivity index (χ0n) is 10.5. The number of carbonyl (C=O) groups excluding carboxylic acids is 1. The second-order valence-corrected chi connectivity index (χ2v) is 4.58. The molecule has 0 radical (unpaired) electrons. The lowest BCUT2D eigenvalue weighted by molar-refractivity contribution is -0.137. The van der Waals surface area contributed by atoms with Gasteiger partial charge in [0, 0.05) is 25.1 Å². The van der Waals surface area contributed by atoms with Crippen molar-refractivity contribution >= 4 is 12.1 Å². The summed E-state index contributed by atoms with van der Waals surface area (Å²) in [5, 5.41) is 8.67. The van der Waals surface area contributed by atoms with E-state index in [0.717, 1.165) is 5.69 Å². The summed E-state index contributed by atoms with van der Waals surface area (Å²) >= 11 is 0. The number of hydrogen-bond donors (Lipinski definition) is 1. The fourth-order valence-corrected chi connectivity index (χ4v) is 2.04. The Hall–Kier alpha value is -2.11. The molecule has 0 aliphatic carbocycles. The molecule has 2 rings (SSSR count). The minimum absolute atomic E-state index is 0.0671. The third-order valence-electron chi connectivity index (χ3n) is 3.02. The summed E-state index contributed by atoms with van der Waals surface area (Å²) in [6.07, 6.45) is 1.92. The monoisotopic (exact) mass is 264 g/mol.